The molecule has 0 spiro atoms. The predicted octanol–water partition coefficient (Wildman–Crippen LogP) is 9.59. The third kappa shape index (κ3) is 9.20. The molecule has 0 unspecified atom stereocenters. The first-order chi connectivity index (χ1) is 17.5. The molecule has 4 aromatic rings. The quantitative estimate of drug-likeness (QED) is 0.157. The third-order valence-corrected chi connectivity index (χ3v) is 13.2. The van der Waals surface area contributed by atoms with Crippen LogP contribution in [0.2, 0.25) is 0 Å². The maximum absolute atomic E-state index is 9.02. The lowest BCUT2D eigenvalue weighted by Crippen LogP contribution is -2.17. The largest absolute Gasteiger partial charge is 0.309 e. The molecule has 0 saturated carbocycles. The summed E-state index contributed by atoms with van der Waals surface area (Å²) in [7, 11) is -3.88. The standard InChI is InChI=1S/2C16H20NP.2BrH/c2*1-2-3-14-18(17,15-10-6-4-7-11-15)16-12-8-5-9-13-16;;/h2*4-13,17H,2-3,14H2,1H3;2*1H. The third-order valence-electron chi connectivity index (χ3n) is 6.48. The highest BCUT2D eigenvalue weighted by Crippen LogP contribution is 2.45. The second-order valence-electron chi connectivity index (χ2n) is 9.12. The van der Waals surface area contributed by atoms with Gasteiger partial charge in [0.1, 0.15) is 0 Å². The normalized spacial score (nSPS) is 10.8. The van der Waals surface area contributed by atoms with E-state index in [1.807, 2.05) is 72.8 Å². The molecule has 0 aliphatic carbocycles. The Labute approximate surface area is 251 Å². The Hall–Kier alpha value is -1.70. The fraction of sp³-hybridized carbons (Fsp3) is 0.250. The summed E-state index contributed by atoms with van der Waals surface area (Å²) in [6.45, 7) is 4.39. The van der Waals surface area contributed by atoms with E-state index in [4.69, 9.17) is 10.3 Å². The topological polar surface area (TPSA) is 47.7 Å². The highest BCUT2D eigenvalue weighted by Gasteiger charge is 2.22. The van der Waals surface area contributed by atoms with E-state index in [2.05, 4.69) is 62.4 Å². The Balaban J connectivity index is 0.000000361. The molecule has 204 valence electrons. The van der Waals surface area contributed by atoms with Gasteiger partial charge in [0.2, 0.25) is 0 Å². The van der Waals surface area contributed by atoms with Crippen molar-refractivity contribution in [2.45, 2.75) is 39.5 Å². The van der Waals surface area contributed by atoms with Gasteiger partial charge in [0.05, 0.1) is 0 Å². The molecule has 4 rings (SSSR count). The minimum Gasteiger partial charge on any atom is -0.309 e. The van der Waals surface area contributed by atoms with Crippen molar-refractivity contribution in [3.63, 3.8) is 0 Å². The lowest BCUT2D eigenvalue weighted by Gasteiger charge is -2.23. The average molecular weight is 676 g/mol. The zero-order chi connectivity index (χ0) is 25.7. The minimum absolute atomic E-state index is 0. The Morgan fingerprint density at radius 3 is 0.816 bits per heavy atom. The molecule has 2 nitrogen and oxygen atoms in total. The summed E-state index contributed by atoms with van der Waals surface area (Å²) in [4.78, 5) is 0. The Kier molecular flexibility index (Phi) is 16.1. The van der Waals surface area contributed by atoms with E-state index >= 15 is 0 Å². The predicted molar refractivity (Wildman–Crippen MR) is 184 cm³/mol. The van der Waals surface area contributed by atoms with Crippen LogP contribution < -0.4 is 21.2 Å². The van der Waals surface area contributed by atoms with Crippen LogP contribution in [0, 0.1) is 10.3 Å². The summed E-state index contributed by atoms with van der Waals surface area (Å²) in [6.07, 6.45) is 6.53. The number of nitrogens with one attached hydrogen (secondary N) is 2. The number of rotatable bonds is 10. The maximum atomic E-state index is 9.02. The maximum Gasteiger partial charge on any atom is 0.0237 e. The smallest absolute Gasteiger partial charge is 0.0237 e. The van der Waals surface area contributed by atoms with Gasteiger partial charge in [-0.05, 0) is 46.4 Å². The van der Waals surface area contributed by atoms with E-state index in [0.717, 1.165) is 38.0 Å². The van der Waals surface area contributed by atoms with E-state index in [1.165, 1.54) is 21.2 Å². The van der Waals surface area contributed by atoms with E-state index in [1.54, 1.807) is 0 Å². The van der Waals surface area contributed by atoms with Crippen LogP contribution in [0.5, 0.6) is 0 Å². The number of unbranched alkanes of at least 4 members (excludes halogenated alkanes) is 2. The molecule has 0 radical (unpaired) electrons. The highest BCUT2D eigenvalue weighted by molar-refractivity contribution is 8.93. The monoisotopic (exact) mass is 674 g/mol. The fourth-order valence-corrected chi connectivity index (χ4v) is 10.3. The van der Waals surface area contributed by atoms with Gasteiger partial charge in [-0.3, -0.25) is 0 Å². The number of hydrogen-bond acceptors (Lipinski definition) is 2. The minimum atomic E-state index is -1.94. The molecule has 4 aromatic carbocycles. The molecular weight excluding hydrogens is 634 g/mol. The highest BCUT2D eigenvalue weighted by atomic mass is 79.9. The summed E-state index contributed by atoms with van der Waals surface area (Å²) < 4.78 is 0. The van der Waals surface area contributed by atoms with E-state index in [9.17, 15) is 0 Å². The Morgan fingerprint density at radius 2 is 0.632 bits per heavy atom. The van der Waals surface area contributed by atoms with Crippen LogP contribution in [-0.2, 0) is 0 Å². The van der Waals surface area contributed by atoms with Crippen molar-refractivity contribution < 1.29 is 0 Å². The molecule has 0 aliphatic heterocycles. The van der Waals surface area contributed by atoms with Gasteiger partial charge in [0.25, 0.3) is 0 Å². The molecule has 0 bridgehead atoms. The van der Waals surface area contributed by atoms with Crippen molar-refractivity contribution in [3.8, 4) is 0 Å². The van der Waals surface area contributed by atoms with Gasteiger partial charge in [-0.1, -0.05) is 148 Å². The first kappa shape index (κ1) is 34.3. The van der Waals surface area contributed by atoms with Gasteiger partial charge in [-0.15, -0.1) is 34.0 Å². The lowest BCUT2D eigenvalue weighted by molar-refractivity contribution is 0.890. The average Bonchev–Trinajstić information content (AvgIpc) is 2.97. The van der Waals surface area contributed by atoms with Crippen molar-refractivity contribution in [2.24, 2.45) is 0 Å². The van der Waals surface area contributed by atoms with Crippen LogP contribution in [0.25, 0.3) is 0 Å². The van der Waals surface area contributed by atoms with Gasteiger partial charge in [0.15, 0.2) is 0 Å². The van der Waals surface area contributed by atoms with Crippen molar-refractivity contribution in [1.82, 2.24) is 0 Å². The molecule has 0 aromatic heterocycles. The zero-order valence-corrected chi connectivity index (χ0v) is 27.7. The first-order valence-corrected chi connectivity index (χ1v) is 17.0. The van der Waals surface area contributed by atoms with E-state index in [-0.39, 0.29) is 34.0 Å². The van der Waals surface area contributed by atoms with Gasteiger partial charge < -0.3 is 10.3 Å². The molecule has 0 amide bonds. The summed E-state index contributed by atoms with van der Waals surface area (Å²) in [5.74, 6) is 0. The molecule has 2 N–H and O–H groups in total. The van der Waals surface area contributed by atoms with Crippen LogP contribution in [0.3, 0.4) is 0 Å². The van der Waals surface area contributed by atoms with E-state index < -0.39 is 14.1 Å². The second-order valence-corrected chi connectivity index (χ2v) is 15.3. The molecule has 0 fully saturated rings. The van der Waals surface area contributed by atoms with Gasteiger partial charge >= 0.3 is 0 Å². The van der Waals surface area contributed by atoms with Crippen molar-refractivity contribution >= 4 is 69.3 Å². The fourth-order valence-electron chi connectivity index (χ4n) is 4.34. The first-order valence-electron chi connectivity index (χ1n) is 13.0. The molecule has 0 aliphatic rings. The molecular formula is C32H42Br2N2P2. The molecule has 0 heterocycles. The van der Waals surface area contributed by atoms with Crippen molar-refractivity contribution in [1.29, 1.82) is 10.3 Å². The Bertz CT molecular complexity index is 1060. The van der Waals surface area contributed by atoms with Crippen LogP contribution >= 0.6 is 48.1 Å². The molecule has 6 heteroatoms. The van der Waals surface area contributed by atoms with E-state index in [0.29, 0.717) is 0 Å². The summed E-state index contributed by atoms with van der Waals surface area (Å²) in [5, 5.41) is 22.8. The summed E-state index contributed by atoms with van der Waals surface area (Å²) in [6, 6.07) is 41.4. The SMILES string of the molecule is Br.Br.CCCCP(=N)(c1ccccc1)c1ccccc1.CCCCP(=N)(c1ccccc1)c1ccccc1. The van der Waals surface area contributed by atoms with Gasteiger partial charge in [-0.2, -0.15) is 0 Å². The second kappa shape index (κ2) is 17.8. The Morgan fingerprint density at radius 1 is 0.421 bits per heavy atom. The van der Waals surface area contributed by atoms with Crippen molar-refractivity contribution in [3.05, 3.63) is 121 Å². The number of halogens is 2. The van der Waals surface area contributed by atoms with Gasteiger partial charge in [0, 0.05) is 14.1 Å². The van der Waals surface area contributed by atoms with Gasteiger partial charge in [-0.25, -0.2) is 0 Å². The van der Waals surface area contributed by atoms with Crippen LogP contribution in [0.15, 0.2) is 121 Å². The molecule has 0 saturated heterocycles. The zero-order valence-electron chi connectivity index (χ0n) is 22.5. The molecule has 0 atom stereocenters. The summed E-state index contributed by atoms with van der Waals surface area (Å²) in [5.41, 5.74) is 0. The number of benzene rings is 4. The van der Waals surface area contributed by atoms with Crippen molar-refractivity contribution in [2.75, 3.05) is 12.3 Å². The van der Waals surface area contributed by atoms with Crippen LogP contribution in [0.1, 0.15) is 39.5 Å². The molecule has 38 heavy (non-hydrogen) atoms. The van der Waals surface area contributed by atoms with Crippen LogP contribution in [-0.4, -0.2) is 12.3 Å². The lowest BCUT2D eigenvalue weighted by atomic mass is 10.4. The summed E-state index contributed by atoms with van der Waals surface area (Å²) >= 11 is 0. The van der Waals surface area contributed by atoms with Crippen LogP contribution in [0.4, 0.5) is 0 Å². The number of hydrogen-bond donors (Lipinski definition) is 2.